The zero-order valence-electron chi connectivity index (χ0n) is 33.1. The second-order valence-corrected chi connectivity index (χ2v) is 17.1. The van der Waals surface area contributed by atoms with Gasteiger partial charge in [0.05, 0.1) is 0 Å². The topological polar surface area (TPSA) is 46.2 Å². The van der Waals surface area contributed by atoms with Crippen LogP contribution in [0.25, 0.3) is 0 Å². The summed E-state index contributed by atoms with van der Waals surface area (Å²) in [6.45, 7) is 25.6. The molecule has 0 amide bonds. The van der Waals surface area contributed by atoms with E-state index in [1.165, 1.54) is 64.2 Å². The summed E-state index contributed by atoms with van der Waals surface area (Å²) in [5.41, 5.74) is 0. The fourth-order valence-electron chi connectivity index (χ4n) is 6.00. The number of hydrogen-bond donors (Lipinski definition) is 0. The van der Waals surface area contributed by atoms with Crippen molar-refractivity contribution >= 4 is 7.74 Å². The summed E-state index contributed by atoms with van der Waals surface area (Å²) in [6, 6.07) is 0. The van der Waals surface area contributed by atoms with Gasteiger partial charge >= 0.3 is 291 Å². The van der Waals surface area contributed by atoms with Crippen LogP contribution in [0.2, 0.25) is 0 Å². The van der Waals surface area contributed by atoms with E-state index in [1.54, 1.807) is 0 Å². The van der Waals surface area contributed by atoms with Crippen LogP contribution in [0, 0.1) is 29.6 Å². The molecule has 0 spiro atoms. The van der Waals surface area contributed by atoms with Crippen molar-refractivity contribution in [1.29, 1.82) is 0 Å². The van der Waals surface area contributed by atoms with Crippen LogP contribution in [0.15, 0.2) is 0 Å². The van der Waals surface area contributed by atoms with Crippen LogP contribution in [0.5, 0.6) is 0 Å². The van der Waals surface area contributed by atoms with Crippen molar-refractivity contribution in [2.75, 3.05) is 33.0 Å². The molecule has 0 radical (unpaired) electrons. The Labute approximate surface area is 290 Å². The maximum absolute atomic E-state index is 7.21. The predicted molar refractivity (Wildman–Crippen MR) is 203 cm³/mol. The summed E-state index contributed by atoms with van der Waals surface area (Å²) >= 11 is 0. The fraction of sp³-hybridized carbons (Fsp3) is 1.00. The first kappa shape index (κ1) is 46.2. The summed E-state index contributed by atoms with van der Waals surface area (Å²) in [7, 11) is -4.46. The van der Waals surface area contributed by atoms with E-state index < -0.39 is 7.74 Å². The fourth-order valence-corrected chi connectivity index (χ4v) is 9.02. The van der Waals surface area contributed by atoms with E-state index >= 15 is 0 Å². The van der Waals surface area contributed by atoms with E-state index in [9.17, 15) is 0 Å². The molecule has 46 heavy (non-hydrogen) atoms. The molecule has 0 saturated carbocycles. The van der Waals surface area contributed by atoms with E-state index in [1.807, 2.05) is 0 Å². The molecule has 6 heteroatoms. The maximum atomic E-state index is 7.21. The van der Waals surface area contributed by atoms with Crippen LogP contribution >= 0.6 is 7.74 Å². The van der Waals surface area contributed by atoms with Crippen molar-refractivity contribution in [3.05, 3.63) is 0 Å². The summed E-state index contributed by atoms with van der Waals surface area (Å²) in [4.78, 5) is 0. The average Bonchev–Trinajstić information content (AvgIpc) is 3.09. The van der Waals surface area contributed by atoms with Crippen molar-refractivity contribution < 1.29 is 22.6 Å². The Balaban J connectivity index is 7.01. The van der Waals surface area contributed by atoms with Crippen molar-refractivity contribution in [2.24, 2.45) is 29.6 Å². The molecule has 0 bridgehead atoms. The van der Waals surface area contributed by atoms with Gasteiger partial charge in [-0.1, -0.05) is 0 Å². The van der Waals surface area contributed by atoms with Gasteiger partial charge in [-0.05, 0) is 0 Å². The molecule has 0 fully saturated rings. The van der Waals surface area contributed by atoms with Crippen LogP contribution in [-0.2, 0) is 22.6 Å². The molecule has 280 valence electrons. The van der Waals surface area contributed by atoms with E-state index in [-0.39, 0.29) is 0 Å². The van der Waals surface area contributed by atoms with Gasteiger partial charge in [0, 0.05) is 0 Å². The van der Waals surface area contributed by atoms with Crippen molar-refractivity contribution in [1.82, 2.24) is 0 Å². The normalized spacial score (nSPS) is 16.5. The van der Waals surface area contributed by atoms with E-state index in [0.717, 1.165) is 64.2 Å². The Hall–Kier alpha value is 0.230. The second kappa shape index (κ2) is 29.0. The van der Waals surface area contributed by atoms with Crippen LogP contribution in [0.3, 0.4) is 0 Å². The molecule has 0 rings (SSSR count). The Kier molecular flexibility index (Phi) is 29.2. The summed E-state index contributed by atoms with van der Waals surface area (Å²) < 4.78 is 36.0. The van der Waals surface area contributed by atoms with E-state index in [0.29, 0.717) is 62.6 Å². The van der Waals surface area contributed by atoms with Crippen molar-refractivity contribution in [2.45, 2.75) is 198 Å². The molecule has 0 N–H and O–H groups in total. The first-order valence-corrected chi connectivity index (χ1v) is 22.4. The van der Waals surface area contributed by atoms with E-state index in [4.69, 9.17) is 22.6 Å². The monoisotopic (exact) mass is 677 g/mol. The molecule has 0 aromatic rings. The van der Waals surface area contributed by atoms with E-state index in [2.05, 4.69) is 69.2 Å². The van der Waals surface area contributed by atoms with Crippen LogP contribution in [0.4, 0.5) is 0 Å². The molecule has 5 atom stereocenters. The summed E-state index contributed by atoms with van der Waals surface area (Å²) in [5.74, 6) is 2.13. The first-order valence-electron chi connectivity index (χ1n) is 20.6. The summed E-state index contributed by atoms with van der Waals surface area (Å²) in [6.07, 6.45) is 23.0. The SMILES string of the molecule is CCCCC(CC)COP(OCC(CC)CCCC)(OCC(CC)CCCC)(OCC(CC)CCCC)OCC(CC)CCCC. The third-order valence-corrected chi connectivity index (χ3v) is 13.2. The molecule has 0 saturated heterocycles. The van der Waals surface area contributed by atoms with Gasteiger partial charge in [-0.2, -0.15) is 0 Å². The molecule has 0 aromatic carbocycles. The molecule has 0 aliphatic heterocycles. The minimum atomic E-state index is -4.46. The zero-order valence-corrected chi connectivity index (χ0v) is 33.9. The van der Waals surface area contributed by atoms with Gasteiger partial charge in [0.15, 0.2) is 0 Å². The summed E-state index contributed by atoms with van der Waals surface area (Å²) in [5, 5.41) is 0. The number of hydrogen-bond acceptors (Lipinski definition) is 5. The predicted octanol–water partition coefficient (Wildman–Crippen LogP) is 14.3. The van der Waals surface area contributed by atoms with Crippen molar-refractivity contribution in [3.63, 3.8) is 0 Å². The van der Waals surface area contributed by atoms with Crippen LogP contribution in [0.1, 0.15) is 198 Å². The van der Waals surface area contributed by atoms with Gasteiger partial charge in [0.2, 0.25) is 0 Å². The average molecular weight is 677 g/mol. The van der Waals surface area contributed by atoms with Gasteiger partial charge in [-0.25, -0.2) is 0 Å². The molecule has 0 heterocycles. The molecular weight excluding hydrogens is 591 g/mol. The van der Waals surface area contributed by atoms with Gasteiger partial charge < -0.3 is 0 Å². The standard InChI is InChI=1S/C40H85O5P/c1-11-21-26-36(16-6)31-41-46(42-32-37(17-7)27-22-12-2,43-33-38(18-8)28-23-13-3,44-34-39(19-9)29-24-14-4)45-35-40(20-10)30-25-15-5/h36-40H,11-35H2,1-10H3. The molecule has 5 unspecified atom stereocenters. The quantitative estimate of drug-likeness (QED) is 0.0625. The number of rotatable bonds is 35. The van der Waals surface area contributed by atoms with Crippen LogP contribution < -0.4 is 0 Å². The molecule has 0 aliphatic rings. The third-order valence-electron chi connectivity index (χ3n) is 10.3. The Morgan fingerprint density at radius 2 is 0.478 bits per heavy atom. The first-order chi connectivity index (χ1) is 22.3. The van der Waals surface area contributed by atoms with Gasteiger partial charge in [0.25, 0.3) is 0 Å². The van der Waals surface area contributed by atoms with Crippen LogP contribution in [-0.4, -0.2) is 33.0 Å². The molecule has 0 aromatic heterocycles. The second-order valence-electron chi connectivity index (χ2n) is 14.3. The Morgan fingerprint density at radius 3 is 0.609 bits per heavy atom. The molecule has 0 aliphatic carbocycles. The minimum absolute atomic E-state index is 0.425. The van der Waals surface area contributed by atoms with Crippen molar-refractivity contribution in [3.8, 4) is 0 Å². The molecular formula is C40H85O5P. The van der Waals surface area contributed by atoms with Gasteiger partial charge in [-0.15, -0.1) is 0 Å². The van der Waals surface area contributed by atoms with Gasteiger partial charge in [0.1, 0.15) is 0 Å². The molecule has 5 nitrogen and oxygen atoms in total. The number of unbranched alkanes of at least 4 members (excludes halogenated alkanes) is 5. The zero-order chi connectivity index (χ0) is 34.5. The third kappa shape index (κ3) is 19.4. The van der Waals surface area contributed by atoms with Gasteiger partial charge in [-0.3, -0.25) is 0 Å². The Morgan fingerprint density at radius 1 is 0.304 bits per heavy atom. The Bertz CT molecular complexity index is 528.